The van der Waals surface area contributed by atoms with Crippen LogP contribution in [0.4, 0.5) is 5.69 Å². The monoisotopic (exact) mass is 497 g/mol. The molecule has 1 aliphatic carbocycles. The highest BCUT2D eigenvalue weighted by Gasteiger charge is 2.43. The SMILES string of the molecule is COC[C@H]1C(OC)=C[C@@H](n2cc(Cl)c(=O)[nH]c2=O)[C@@H]1N(Cc1ccccc1)c1ccc(OC)cc1. The predicted molar refractivity (Wildman–Crippen MR) is 135 cm³/mol. The van der Waals surface area contributed by atoms with Gasteiger partial charge in [-0.25, -0.2) is 4.79 Å². The third-order valence-corrected chi connectivity index (χ3v) is 6.52. The zero-order valence-corrected chi connectivity index (χ0v) is 20.6. The molecule has 8 nitrogen and oxygen atoms in total. The summed E-state index contributed by atoms with van der Waals surface area (Å²) < 4.78 is 18.1. The number of hydrogen-bond acceptors (Lipinski definition) is 6. The van der Waals surface area contributed by atoms with Crippen molar-refractivity contribution >= 4 is 17.3 Å². The maximum absolute atomic E-state index is 12.9. The summed E-state index contributed by atoms with van der Waals surface area (Å²) in [4.78, 5) is 29.4. The molecule has 0 unspecified atom stereocenters. The molecule has 0 saturated heterocycles. The van der Waals surface area contributed by atoms with Gasteiger partial charge < -0.3 is 19.1 Å². The van der Waals surface area contributed by atoms with Gasteiger partial charge in [0.05, 0.1) is 38.8 Å². The van der Waals surface area contributed by atoms with Crippen molar-refractivity contribution in [1.82, 2.24) is 9.55 Å². The van der Waals surface area contributed by atoms with E-state index in [4.69, 9.17) is 25.8 Å². The van der Waals surface area contributed by atoms with Crippen molar-refractivity contribution in [3.8, 4) is 5.75 Å². The van der Waals surface area contributed by atoms with Crippen molar-refractivity contribution in [2.45, 2.75) is 18.6 Å². The van der Waals surface area contributed by atoms with Crippen LogP contribution in [0.5, 0.6) is 5.75 Å². The Kier molecular flexibility index (Phi) is 7.63. The van der Waals surface area contributed by atoms with E-state index in [1.165, 1.54) is 10.8 Å². The summed E-state index contributed by atoms with van der Waals surface area (Å²) >= 11 is 6.13. The van der Waals surface area contributed by atoms with Crippen molar-refractivity contribution in [1.29, 1.82) is 0 Å². The average Bonchev–Trinajstić information content (AvgIpc) is 3.23. The molecule has 2 aromatic carbocycles. The summed E-state index contributed by atoms with van der Waals surface area (Å²) in [5, 5.41) is -0.0648. The highest BCUT2D eigenvalue weighted by Crippen LogP contribution is 2.41. The lowest BCUT2D eigenvalue weighted by molar-refractivity contribution is 0.119. The van der Waals surface area contributed by atoms with Crippen LogP contribution in [0.1, 0.15) is 11.6 Å². The first-order valence-electron chi connectivity index (χ1n) is 11.2. The van der Waals surface area contributed by atoms with E-state index >= 15 is 0 Å². The third-order valence-electron chi connectivity index (χ3n) is 6.25. The van der Waals surface area contributed by atoms with Crippen molar-refractivity contribution in [2.24, 2.45) is 5.92 Å². The number of anilines is 1. The first-order valence-corrected chi connectivity index (χ1v) is 11.5. The highest BCUT2D eigenvalue weighted by molar-refractivity contribution is 6.30. The molecule has 3 aromatic rings. The molecule has 0 radical (unpaired) electrons. The van der Waals surface area contributed by atoms with E-state index in [9.17, 15) is 9.59 Å². The van der Waals surface area contributed by atoms with Gasteiger partial charge in [0.1, 0.15) is 16.5 Å². The summed E-state index contributed by atoms with van der Waals surface area (Å²) in [6.45, 7) is 0.930. The Balaban J connectivity index is 1.88. The van der Waals surface area contributed by atoms with E-state index in [0.29, 0.717) is 18.9 Å². The molecule has 0 saturated carbocycles. The maximum atomic E-state index is 12.9. The minimum atomic E-state index is -0.622. The second kappa shape index (κ2) is 10.8. The molecule has 1 heterocycles. The number of halogens is 1. The second-order valence-corrected chi connectivity index (χ2v) is 8.68. The third kappa shape index (κ3) is 5.13. The Hall–Kier alpha value is -3.49. The quantitative estimate of drug-likeness (QED) is 0.486. The lowest BCUT2D eigenvalue weighted by atomic mass is 9.96. The van der Waals surface area contributed by atoms with Crippen molar-refractivity contribution in [3.05, 3.63) is 104 Å². The summed E-state index contributed by atoms with van der Waals surface area (Å²) in [6.07, 6.45) is 3.28. The molecule has 0 spiro atoms. The van der Waals surface area contributed by atoms with Gasteiger partial charge in [0.25, 0.3) is 5.56 Å². The number of nitrogens with one attached hydrogen (secondary N) is 1. The fourth-order valence-corrected chi connectivity index (χ4v) is 4.78. The standard InChI is InChI=1S/C26H28ClN3O5/c1-33-16-20-23(35-3)13-22(30-15-21(27)25(31)28-26(30)32)24(20)29(14-17-7-5-4-6-8-17)18-9-11-19(34-2)12-10-18/h4-13,15,20,22,24H,14,16H2,1-3H3,(H,28,31,32)/t20-,22+,24+/m0/s1. The Morgan fingerprint density at radius 1 is 1.00 bits per heavy atom. The number of benzene rings is 2. The van der Waals surface area contributed by atoms with Gasteiger partial charge in [-0.3, -0.25) is 14.3 Å². The van der Waals surface area contributed by atoms with Gasteiger partial charge in [-0.15, -0.1) is 0 Å². The predicted octanol–water partition coefficient (Wildman–Crippen LogP) is 3.62. The first-order chi connectivity index (χ1) is 17.0. The van der Waals surface area contributed by atoms with Crippen LogP contribution in [0.15, 0.2) is 82.2 Å². The van der Waals surface area contributed by atoms with Gasteiger partial charge in [0.2, 0.25) is 0 Å². The van der Waals surface area contributed by atoms with E-state index in [0.717, 1.165) is 17.0 Å². The fraction of sp³-hybridized carbons (Fsp3) is 0.308. The molecule has 3 atom stereocenters. The normalized spacial score (nSPS) is 19.3. The maximum Gasteiger partial charge on any atom is 0.329 e. The lowest BCUT2D eigenvalue weighted by Gasteiger charge is -2.39. The molecule has 1 N–H and O–H groups in total. The van der Waals surface area contributed by atoms with Crippen molar-refractivity contribution in [3.63, 3.8) is 0 Å². The van der Waals surface area contributed by atoms with Crippen LogP contribution >= 0.6 is 11.6 Å². The lowest BCUT2D eigenvalue weighted by Crippen LogP contribution is -2.47. The minimum absolute atomic E-state index is 0.0648. The summed E-state index contributed by atoms with van der Waals surface area (Å²) in [7, 11) is 4.86. The largest absolute Gasteiger partial charge is 0.501 e. The number of hydrogen-bond donors (Lipinski definition) is 1. The molecule has 184 valence electrons. The molecule has 0 bridgehead atoms. The molecule has 0 fully saturated rings. The highest BCUT2D eigenvalue weighted by atomic mass is 35.5. The Morgan fingerprint density at radius 3 is 2.34 bits per heavy atom. The average molecular weight is 498 g/mol. The van der Waals surface area contributed by atoms with E-state index in [1.54, 1.807) is 21.3 Å². The summed E-state index contributed by atoms with van der Waals surface area (Å²) in [5.41, 5.74) is 0.854. The van der Waals surface area contributed by atoms with Crippen LogP contribution in [-0.4, -0.2) is 43.5 Å². The van der Waals surface area contributed by atoms with Crippen molar-refractivity contribution < 1.29 is 14.2 Å². The molecule has 1 aliphatic rings. The number of aromatic nitrogens is 2. The van der Waals surface area contributed by atoms with Crippen LogP contribution in [0.2, 0.25) is 5.02 Å². The van der Waals surface area contributed by atoms with Crippen molar-refractivity contribution in [2.75, 3.05) is 32.8 Å². The van der Waals surface area contributed by atoms with Crippen LogP contribution < -0.4 is 20.9 Å². The second-order valence-electron chi connectivity index (χ2n) is 8.27. The molecule has 0 aliphatic heterocycles. The summed E-state index contributed by atoms with van der Waals surface area (Å²) in [6, 6.07) is 17.0. The molecule has 0 amide bonds. The number of aromatic amines is 1. The Bertz CT molecular complexity index is 1290. The van der Waals surface area contributed by atoms with Crippen LogP contribution in [-0.2, 0) is 16.0 Å². The van der Waals surface area contributed by atoms with E-state index in [-0.39, 0.29) is 17.0 Å². The molecule has 9 heteroatoms. The Morgan fingerprint density at radius 2 is 1.71 bits per heavy atom. The number of rotatable bonds is 9. The summed E-state index contributed by atoms with van der Waals surface area (Å²) in [5.74, 6) is 1.24. The number of H-pyrrole nitrogens is 1. The van der Waals surface area contributed by atoms with Gasteiger partial charge in [0, 0.05) is 25.5 Å². The van der Waals surface area contributed by atoms with Gasteiger partial charge in [0.15, 0.2) is 0 Å². The molecule has 1 aromatic heterocycles. The number of nitrogens with zero attached hydrogens (tertiary/aromatic N) is 2. The van der Waals surface area contributed by atoms with E-state index in [1.807, 2.05) is 48.5 Å². The molecule has 4 rings (SSSR count). The van der Waals surface area contributed by atoms with Gasteiger partial charge in [-0.1, -0.05) is 41.9 Å². The van der Waals surface area contributed by atoms with E-state index in [2.05, 4.69) is 22.0 Å². The van der Waals surface area contributed by atoms with Gasteiger partial charge in [-0.2, -0.15) is 0 Å². The van der Waals surface area contributed by atoms with Gasteiger partial charge in [-0.05, 0) is 35.9 Å². The Labute approximate surface area is 208 Å². The molecular formula is C26H28ClN3O5. The topological polar surface area (TPSA) is 85.8 Å². The van der Waals surface area contributed by atoms with Gasteiger partial charge >= 0.3 is 5.69 Å². The molecule has 35 heavy (non-hydrogen) atoms. The fourth-order valence-electron chi connectivity index (χ4n) is 4.63. The van der Waals surface area contributed by atoms with E-state index < -0.39 is 17.3 Å². The zero-order valence-electron chi connectivity index (χ0n) is 19.8. The minimum Gasteiger partial charge on any atom is -0.501 e. The zero-order chi connectivity index (χ0) is 24.9. The number of ether oxygens (including phenoxy) is 3. The van der Waals surface area contributed by atoms with Crippen LogP contribution in [0.25, 0.3) is 0 Å². The van der Waals surface area contributed by atoms with Crippen LogP contribution in [0, 0.1) is 5.92 Å². The first kappa shape index (κ1) is 24.6. The number of methoxy groups -OCH3 is 3. The smallest absolute Gasteiger partial charge is 0.329 e. The van der Waals surface area contributed by atoms with Crippen LogP contribution in [0.3, 0.4) is 0 Å². The molecular weight excluding hydrogens is 470 g/mol.